The van der Waals surface area contributed by atoms with Gasteiger partial charge >= 0.3 is 0 Å². The van der Waals surface area contributed by atoms with Crippen molar-refractivity contribution >= 4 is 10.0 Å². The van der Waals surface area contributed by atoms with Crippen LogP contribution in [0, 0.1) is 26.7 Å². The largest absolute Gasteiger partial charge is 0.444 e. The van der Waals surface area contributed by atoms with Crippen LogP contribution in [0.3, 0.4) is 0 Å². The first kappa shape index (κ1) is 19.1. The van der Waals surface area contributed by atoms with Crippen molar-refractivity contribution in [3.63, 3.8) is 0 Å². The van der Waals surface area contributed by atoms with E-state index in [0.717, 1.165) is 43.3 Å². The molecule has 0 aliphatic carbocycles. The second kappa shape index (κ2) is 7.89. The van der Waals surface area contributed by atoms with E-state index in [1.54, 1.807) is 13.0 Å². The monoisotopic (exact) mass is 382 g/mol. The zero-order chi connectivity index (χ0) is 18.7. The molecular formula is C17H26N4O4S. The summed E-state index contributed by atoms with van der Waals surface area (Å²) < 4.78 is 37.6. The van der Waals surface area contributed by atoms with E-state index in [4.69, 9.17) is 8.94 Å². The third kappa shape index (κ3) is 5.15. The van der Waals surface area contributed by atoms with E-state index < -0.39 is 10.0 Å². The van der Waals surface area contributed by atoms with Crippen molar-refractivity contribution in [3.8, 4) is 0 Å². The smallest absolute Gasteiger partial charge is 0.219 e. The molecule has 26 heavy (non-hydrogen) atoms. The molecule has 2 aromatic rings. The summed E-state index contributed by atoms with van der Waals surface area (Å²) in [7, 11) is -3.41. The predicted octanol–water partition coefficient (Wildman–Crippen LogP) is 1.92. The molecule has 2 aromatic heterocycles. The molecule has 1 saturated heterocycles. The van der Waals surface area contributed by atoms with Gasteiger partial charge in [-0.3, -0.25) is 4.90 Å². The maximum absolute atomic E-state index is 12.2. The van der Waals surface area contributed by atoms with Crippen LogP contribution >= 0.6 is 0 Å². The summed E-state index contributed by atoms with van der Waals surface area (Å²) in [6.07, 6.45) is 1.89. The van der Waals surface area contributed by atoms with Crippen LogP contribution in [-0.2, 0) is 22.3 Å². The minimum absolute atomic E-state index is 0.171. The van der Waals surface area contributed by atoms with E-state index in [1.165, 1.54) is 0 Å². The molecule has 8 nitrogen and oxygen atoms in total. The number of oxazole rings is 1. The van der Waals surface area contributed by atoms with Crippen molar-refractivity contribution in [3.05, 3.63) is 34.9 Å². The Bertz CT molecular complexity index is 815. The van der Waals surface area contributed by atoms with Gasteiger partial charge in [-0.05, 0) is 52.6 Å². The zero-order valence-electron chi connectivity index (χ0n) is 15.5. The van der Waals surface area contributed by atoms with E-state index in [-0.39, 0.29) is 5.75 Å². The molecule has 9 heteroatoms. The number of nitrogens with zero attached hydrogens (tertiary/aromatic N) is 3. The lowest BCUT2D eigenvalue weighted by atomic mass is 9.97. The van der Waals surface area contributed by atoms with Gasteiger partial charge in [0, 0.05) is 12.6 Å². The van der Waals surface area contributed by atoms with Crippen molar-refractivity contribution in [2.75, 3.05) is 19.6 Å². The van der Waals surface area contributed by atoms with Gasteiger partial charge < -0.3 is 8.94 Å². The van der Waals surface area contributed by atoms with Gasteiger partial charge in [-0.15, -0.1) is 0 Å². The molecule has 0 unspecified atom stereocenters. The standard InChI is InChI=1S/C17H26N4O4S/c1-12-8-16(25-20-12)11-26(22,23)18-9-15-4-6-21(7-5-15)10-17-19-13(2)14(3)24-17/h8,15,18H,4-7,9-11H2,1-3H3. The molecular weight excluding hydrogens is 356 g/mol. The molecule has 0 aromatic carbocycles. The number of aryl methyl sites for hydroxylation is 3. The fourth-order valence-corrected chi connectivity index (χ4v) is 4.22. The highest BCUT2D eigenvalue weighted by atomic mass is 32.2. The molecule has 0 saturated carbocycles. The average molecular weight is 382 g/mol. The van der Waals surface area contributed by atoms with Crippen LogP contribution in [-0.4, -0.2) is 43.1 Å². The Balaban J connectivity index is 1.42. The first-order chi connectivity index (χ1) is 12.3. The molecule has 1 aliphatic rings. The maximum atomic E-state index is 12.2. The lowest BCUT2D eigenvalue weighted by molar-refractivity contribution is 0.164. The summed E-state index contributed by atoms with van der Waals surface area (Å²) in [6.45, 7) is 8.62. The fourth-order valence-electron chi connectivity index (χ4n) is 3.11. The predicted molar refractivity (Wildman–Crippen MR) is 95.8 cm³/mol. The first-order valence-electron chi connectivity index (χ1n) is 8.85. The summed E-state index contributed by atoms with van der Waals surface area (Å²) >= 11 is 0. The summed E-state index contributed by atoms with van der Waals surface area (Å²) in [5.74, 6) is 2.15. The van der Waals surface area contributed by atoms with Gasteiger partial charge in [0.05, 0.1) is 17.9 Å². The first-order valence-corrected chi connectivity index (χ1v) is 10.5. The van der Waals surface area contributed by atoms with E-state index in [0.29, 0.717) is 30.5 Å². The number of piperidine rings is 1. The molecule has 1 N–H and O–H groups in total. The minimum atomic E-state index is -3.41. The van der Waals surface area contributed by atoms with Gasteiger partial charge in [0.25, 0.3) is 0 Å². The second-order valence-electron chi connectivity index (χ2n) is 7.01. The number of hydrogen-bond acceptors (Lipinski definition) is 7. The zero-order valence-corrected chi connectivity index (χ0v) is 16.3. The molecule has 0 bridgehead atoms. The Hall–Kier alpha value is -1.71. The summed E-state index contributed by atoms with van der Waals surface area (Å²) in [5, 5.41) is 3.71. The highest BCUT2D eigenvalue weighted by Crippen LogP contribution is 2.19. The number of likely N-dealkylation sites (tertiary alicyclic amines) is 1. The molecule has 0 radical (unpaired) electrons. The van der Waals surface area contributed by atoms with Gasteiger partial charge in [0.2, 0.25) is 15.9 Å². The van der Waals surface area contributed by atoms with E-state index in [1.807, 2.05) is 13.8 Å². The van der Waals surface area contributed by atoms with Crippen LogP contribution in [0.2, 0.25) is 0 Å². The molecule has 1 aliphatic heterocycles. The minimum Gasteiger partial charge on any atom is -0.444 e. The quantitative estimate of drug-likeness (QED) is 0.780. The van der Waals surface area contributed by atoms with Crippen molar-refractivity contribution in [1.82, 2.24) is 19.8 Å². The summed E-state index contributed by atoms with van der Waals surface area (Å²) in [5.41, 5.74) is 1.62. The number of hydrogen-bond donors (Lipinski definition) is 1. The Morgan fingerprint density at radius 2 is 2.00 bits per heavy atom. The van der Waals surface area contributed by atoms with E-state index >= 15 is 0 Å². The summed E-state index contributed by atoms with van der Waals surface area (Å²) in [4.78, 5) is 6.72. The van der Waals surface area contributed by atoms with Crippen molar-refractivity contribution < 1.29 is 17.4 Å². The van der Waals surface area contributed by atoms with Crippen LogP contribution in [0.1, 0.15) is 41.6 Å². The molecule has 144 valence electrons. The Morgan fingerprint density at radius 3 is 2.58 bits per heavy atom. The number of nitrogens with one attached hydrogen (secondary N) is 1. The molecule has 0 atom stereocenters. The Kier molecular flexibility index (Phi) is 5.79. The van der Waals surface area contributed by atoms with Crippen LogP contribution in [0.4, 0.5) is 0 Å². The second-order valence-corrected chi connectivity index (χ2v) is 8.82. The topological polar surface area (TPSA) is 101 Å². The average Bonchev–Trinajstić information content (AvgIpc) is 3.11. The van der Waals surface area contributed by atoms with Gasteiger partial charge in [0.15, 0.2) is 5.76 Å². The number of rotatable bonds is 7. The van der Waals surface area contributed by atoms with Crippen molar-refractivity contribution in [2.45, 2.75) is 45.9 Å². The molecule has 3 rings (SSSR count). The Morgan fingerprint density at radius 1 is 1.27 bits per heavy atom. The maximum Gasteiger partial charge on any atom is 0.219 e. The fraction of sp³-hybridized carbons (Fsp3) is 0.647. The molecule has 3 heterocycles. The normalized spacial score (nSPS) is 17.0. The van der Waals surface area contributed by atoms with Crippen molar-refractivity contribution in [2.24, 2.45) is 5.92 Å². The van der Waals surface area contributed by atoms with Gasteiger partial charge in [-0.1, -0.05) is 5.16 Å². The lowest BCUT2D eigenvalue weighted by Crippen LogP contribution is -2.38. The van der Waals surface area contributed by atoms with Crippen LogP contribution in [0.25, 0.3) is 0 Å². The SMILES string of the molecule is Cc1cc(CS(=O)(=O)NCC2CCN(Cc3nc(C)c(C)o3)CC2)on1. The number of aromatic nitrogens is 2. The molecule has 1 fully saturated rings. The Labute approximate surface area is 154 Å². The van der Waals surface area contributed by atoms with Crippen molar-refractivity contribution in [1.29, 1.82) is 0 Å². The highest BCUT2D eigenvalue weighted by Gasteiger charge is 2.23. The van der Waals surface area contributed by atoms with Crippen LogP contribution < -0.4 is 4.72 Å². The van der Waals surface area contributed by atoms with Gasteiger partial charge in [0.1, 0.15) is 11.5 Å². The van der Waals surface area contributed by atoms with Crippen LogP contribution in [0.15, 0.2) is 15.0 Å². The lowest BCUT2D eigenvalue weighted by Gasteiger charge is -2.31. The van der Waals surface area contributed by atoms with E-state index in [2.05, 4.69) is 19.8 Å². The third-order valence-electron chi connectivity index (χ3n) is 4.74. The molecule has 0 spiro atoms. The van der Waals surface area contributed by atoms with Gasteiger partial charge in [-0.25, -0.2) is 18.1 Å². The molecule has 0 amide bonds. The van der Waals surface area contributed by atoms with E-state index in [9.17, 15) is 8.42 Å². The van der Waals surface area contributed by atoms with Gasteiger partial charge in [-0.2, -0.15) is 0 Å². The van der Waals surface area contributed by atoms with Crippen LogP contribution in [0.5, 0.6) is 0 Å². The third-order valence-corrected chi connectivity index (χ3v) is 6.01. The summed E-state index contributed by atoms with van der Waals surface area (Å²) in [6, 6.07) is 1.64. The highest BCUT2D eigenvalue weighted by molar-refractivity contribution is 7.88. The number of sulfonamides is 1.